The van der Waals surface area contributed by atoms with Crippen LogP contribution in [0, 0.1) is 6.92 Å². The first-order valence-corrected chi connectivity index (χ1v) is 5.11. The number of nitrogens with zero attached hydrogens (tertiary/aromatic N) is 2. The van der Waals surface area contributed by atoms with Gasteiger partial charge in [-0.25, -0.2) is 0 Å². The van der Waals surface area contributed by atoms with Gasteiger partial charge in [-0.15, -0.1) is 6.58 Å². The van der Waals surface area contributed by atoms with E-state index in [1.54, 1.807) is 0 Å². The van der Waals surface area contributed by atoms with Crippen LogP contribution < -0.4 is 10.2 Å². The minimum absolute atomic E-state index is 0.837. The number of aryl methyl sites for hydroxylation is 1. The molecule has 0 radical (unpaired) electrons. The first kappa shape index (κ1) is 11.7. The quantitative estimate of drug-likeness (QED) is 0.742. The van der Waals surface area contributed by atoms with Crippen LogP contribution in [0.4, 0.5) is 5.69 Å². The van der Waals surface area contributed by atoms with E-state index in [1.807, 2.05) is 26.2 Å². The van der Waals surface area contributed by atoms with E-state index in [2.05, 4.69) is 34.9 Å². The molecule has 15 heavy (non-hydrogen) atoms. The molecule has 0 spiro atoms. The molecule has 0 saturated heterocycles. The molecule has 0 fully saturated rings. The third-order valence-corrected chi connectivity index (χ3v) is 2.28. The summed E-state index contributed by atoms with van der Waals surface area (Å²) in [5.41, 5.74) is 3.48. The Morgan fingerprint density at radius 3 is 2.93 bits per heavy atom. The van der Waals surface area contributed by atoms with Crippen molar-refractivity contribution in [2.45, 2.75) is 13.5 Å². The number of likely N-dealkylation sites (N-methyl/N-ethyl adjacent to an activating group) is 1. The average Bonchev–Trinajstić information content (AvgIpc) is 2.21. The molecular weight excluding hydrogens is 186 g/mol. The van der Waals surface area contributed by atoms with Crippen LogP contribution in [0.2, 0.25) is 0 Å². The first-order valence-electron chi connectivity index (χ1n) is 5.11. The monoisotopic (exact) mass is 205 g/mol. The summed E-state index contributed by atoms with van der Waals surface area (Å²) in [5.74, 6) is 0. The number of hydrogen-bond acceptors (Lipinski definition) is 3. The zero-order valence-corrected chi connectivity index (χ0v) is 9.75. The average molecular weight is 205 g/mol. The number of nitrogens with one attached hydrogen (secondary N) is 1. The van der Waals surface area contributed by atoms with E-state index in [0.717, 1.165) is 18.8 Å². The second-order valence-electron chi connectivity index (χ2n) is 3.65. The Kier molecular flexibility index (Phi) is 4.31. The Labute approximate surface area is 91.8 Å². The number of hydrogen-bond donors (Lipinski definition) is 1. The molecule has 0 unspecified atom stereocenters. The second-order valence-corrected chi connectivity index (χ2v) is 3.65. The van der Waals surface area contributed by atoms with Gasteiger partial charge < -0.3 is 10.2 Å². The highest BCUT2D eigenvalue weighted by Crippen LogP contribution is 2.19. The van der Waals surface area contributed by atoms with Crippen molar-refractivity contribution in [3.05, 3.63) is 36.2 Å². The summed E-state index contributed by atoms with van der Waals surface area (Å²) >= 11 is 0. The molecule has 3 nitrogen and oxygen atoms in total. The van der Waals surface area contributed by atoms with Gasteiger partial charge in [-0.2, -0.15) is 0 Å². The molecule has 0 aliphatic rings. The van der Waals surface area contributed by atoms with E-state index < -0.39 is 0 Å². The minimum atomic E-state index is 0.837. The topological polar surface area (TPSA) is 28.2 Å². The van der Waals surface area contributed by atoms with Gasteiger partial charge in [0, 0.05) is 43.3 Å². The molecule has 1 aromatic heterocycles. The van der Waals surface area contributed by atoms with Crippen molar-refractivity contribution in [2.75, 3.05) is 25.5 Å². The Hall–Kier alpha value is -1.35. The highest BCUT2D eigenvalue weighted by atomic mass is 15.1. The smallest absolute Gasteiger partial charge is 0.0445 e. The molecule has 1 heterocycles. The Balaban J connectivity index is 3.00. The third-order valence-electron chi connectivity index (χ3n) is 2.28. The van der Waals surface area contributed by atoms with Gasteiger partial charge in [-0.1, -0.05) is 6.08 Å². The van der Waals surface area contributed by atoms with Crippen molar-refractivity contribution in [3.63, 3.8) is 0 Å². The van der Waals surface area contributed by atoms with Gasteiger partial charge in [-0.3, -0.25) is 4.98 Å². The molecule has 0 aliphatic heterocycles. The maximum absolute atomic E-state index is 4.31. The van der Waals surface area contributed by atoms with Gasteiger partial charge in [0.15, 0.2) is 0 Å². The number of pyridine rings is 1. The Morgan fingerprint density at radius 2 is 2.33 bits per heavy atom. The van der Waals surface area contributed by atoms with E-state index in [1.165, 1.54) is 11.3 Å². The highest BCUT2D eigenvalue weighted by Gasteiger charge is 2.06. The van der Waals surface area contributed by atoms with Gasteiger partial charge >= 0.3 is 0 Å². The van der Waals surface area contributed by atoms with Gasteiger partial charge in [-0.05, 0) is 20.0 Å². The predicted molar refractivity (Wildman–Crippen MR) is 65.2 cm³/mol. The van der Waals surface area contributed by atoms with E-state index in [-0.39, 0.29) is 0 Å². The molecule has 82 valence electrons. The summed E-state index contributed by atoms with van der Waals surface area (Å²) in [5, 5.41) is 3.15. The molecule has 0 bridgehead atoms. The molecule has 1 N–H and O–H groups in total. The summed E-state index contributed by atoms with van der Waals surface area (Å²) in [6.45, 7) is 7.44. The molecular formula is C12H19N3. The van der Waals surface area contributed by atoms with Gasteiger partial charge in [0.2, 0.25) is 0 Å². The fraction of sp³-hybridized carbons (Fsp3) is 0.417. The van der Waals surface area contributed by atoms with Crippen molar-refractivity contribution >= 4 is 5.69 Å². The summed E-state index contributed by atoms with van der Waals surface area (Å²) in [6.07, 6.45) is 3.83. The van der Waals surface area contributed by atoms with E-state index in [0.29, 0.717) is 0 Å². The van der Waals surface area contributed by atoms with Crippen LogP contribution in [-0.2, 0) is 6.54 Å². The maximum atomic E-state index is 4.31. The number of rotatable bonds is 5. The normalized spacial score (nSPS) is 10.1. The first-order chi connectivity index (χ1) is 7.19. The maximum Gasteiger partial charge on any atom is 0.0445 e. The van der Waals surface area contributed by atoms with Crippen molar-refractivity contribution in [1.29, 1.82) is 0 Å². The lowest BCUT2D eigenvalue weighted by Gasteiger charge is -2.21. The van der Waals surface area contributed by atoms with Crippen molar-refractivity contribution in [2.24, 2.45) is 0 Å². The van der Waals surface area contributed by atoms with Crippen LogP contribution in [-0.4, -0.2) is 25.6 Å². The molecule has 0 saturated carbocycles. The fourth-order valence-electron chi connectivity index (χ4n) is 1.55. The minimum Gasteiger partial charge on any atom is -0.371 e. The number of aromatic nitrogens is 1. The van der Waals surface area contributed by atoms with Crippen molar-refractivity contribution < 1.29 is 0 Å². The van der Waals surface area contributed by atoms with Crippen LogP contribution in [0.15, 0.2) is 24.9 Å². The summed E-state index contributed by atoms with van der Waals surface area (Å²) in [4.78, 5) is 6.48. The lowest BCUT2D eigenvalue weighted by atomic mass is 10.2. The Bertz CT molecular complexity index is 334. The zero-order chi connectivity index (χ0) is 11.3. The van der Waals surface area contributed by atoms with Crippen molar-refractivity contribution in [3.8, 4) is 0 Å². The molecule has 0 amide bonds. The molecule has 3 heteroatoms. The van der Waals surface area contributed by atoms with Crippen LogP contribution in [0.1, 0.15) is 11.3 Å². The molecule has 0 aromatic carbocycles. The molecule has 0 atom stereocenters. The highest BCUT2D eigenvalue weighted by molar-refractivity contribution is 5.53. The van der Waals surface area contributed by atoms with Crippen LogP contribution >= 0.6 is 0 Å². The summed E-state index contributed by atoms with van der Waals surface area (Å²) in [7, 11) is 4.01. The third kappa shape index (κ3) is 3.06. The lowest BCUT2D eigenvalue weighted by Crippen LogP contribution is -2.20. The van der Waals surface area contributed by atoms with Crippen LogP contribution in [0.25, 0.3) is 0 Å². The molecule has 1 aromatic rings. The van der Waals surface area contributed by atoms with Crippen LogP contribution in [0.5, 0.6) is 0 Å². The Morgan fingerprint density at radius 1 is 1.60 bits per heavy atom. The van der Waals surface area contributed by atoms with Crippen LogP contribution in [0.3, 0.4) is 0 Å². The number of anilines is 1. The van der Waals surface area contributed by atoms with Gasteiger partial charge in [0.1, 0.15) is 0 Å². The largest absolute Gasteiger partial charge is 0.371 e. The molecule has 0 aliphatic carbocycles. The van der Waals surface area contributed by atoms with Gasteiger partial charge in [0.05, 0.1) is 0 Å². The summed E-state index contributed by atoms with van der Waals surface area (Å²) < 4.78 is 0. The van der Waals surface area contributed by atoms with E-state index >= 15 is 0 Å². The van der Waals surface area contributed by atoms with E-state index in [4.69, 9.17) is 0 Å². The zero-order valence-electron chi connectivity index (χ0n) is 9.75. The fourth-order valence-corrected chi connectivity index (χ4v) is 1.55. The lowest BCUT2D eigenvalue weighted by molar-refractivity contribution is 0.805. The van der Waals surface area contributed by atoms with E-state index in [9.17, 15) is 0 Å². The van der Waals surface area contributed by atoms with Gasteiger partial charge in [0.25, 0.3) is 0 Å². The second kappa shape index (κ2) is 5.51. The van der Waals surface area contributed by atoms with Crippen molar-refractivity contribution in [1.82, 2.24) is 10.3 Å². The predicted octanol–water partition coefficient (Wildman–Crippen LogP) is 1.73. The molecule has 1 rings (SSSR count). The summed E-state index contributed by atoms with van der Waals surface area (Å²) in [6, 6.07) is 2.11. The standard InChI is InChI=1S/C12H19N3/c1-5-6-15(4)12-7-10(2)14-9-11(12)8-13-3/h5,7,9,13H,1,6,8H2,2-4H3. The SMILES string of the molecule is C=CCN(C)c1cc(C)ncc1CNC.